The number of nitrogens with zero attached hydrogens (tertiary/aromatic N) is 2. The summed E-state index contributed by atoms with van der Waals surface area (Å²) in [6.45, 7) is 3.83. The SMILES string of the molecule is Cc1noc(C)c1CSc1ccccc1C(=O)Nc1cccc2cccnc12. The maximum absolute atomic E-state index is 13.0. The predicted octanol–water partition coefficient (Wildman–Crippen LogP) is 5.38. The second-order valence-corrected chi connectivity index (χ2v) is 7.44. The number of para-hydroxylation sites is 1. The van der Waals surface area contributed by atoms with E-state index in [0.29, 0.717) is 17.0 Å². The van der Waals surface area contributed by atoms with Crippen molar-refractivity contribution in [2.75, 3.05) is 5.32 Å². The number of pyridine rings is 1. The Morgan fingerprint density at radius 2 is 1.89 bits per heavy atom. The van der Waals surface area contributed by atoms with Crippen LogP contribution >= 0.6 is 11.8 Å². The van der Waals surface area contributed by atoms with E-state index < -0.39 is 0 Å². The fourth-order valence-electron chi connectivity index (χ4n) is 3.03. The number of nitrogens with one attached hydrogen (secondary N) is 1. The van der Waals surface area contributed by atoms with Gasteiger partial charge in [-0.1, -0.05) is 35.5 Å². The van der Waals surface area contributed by atoms with Gasteiger partial charge in [-0.15, -0.1) is 11.8 Å². The van der Waals surface area contributed by atoms with Gasteiger partial charge < -0.3 is 9.84 Å². The van der Waals surface area contributed by atoms with Crippen LogP contribution in [0.3, 0.4) is 0 Å². The number of hydrogen-bond acceptors (Lipinski definition) is 5. The first-order chi connectivity index (χ1) is 13.6. The molecule has 0 saturated heterocycles. The van der Waals surface area contributed by atoms with E-state index in [1.807, 2.05) is 68.4 Å². The minimum atomic E-state index is -0.153. The number of benzene rings is 2. The van der Waals surface area contributed by atoms with Crippen LogP contribution < -0.4 is 5.32 Å². The molecular weight excluding hydrogens is 370 g/mol. The normalized spacial score (nSPS) is 10.9. The van der Waals surface area contributed by atoms with Crippen LogP contribution in [0.5, 0.6) is 0 Å². The minimum Gasteiger partial charge on any atom is -0.361 e. The van der Waals surface area contributed by atoms with Gasteiger partial charge in [0.05, 0.1) is 22.5 Å². The lowest BCUT2D eigenvalue weighted by Gasteiger charge is -2.11. The molecule has 28 heavy (non-hydrogen) atoms. The van der Waals surface area contributed by atoms with Gasteiger partial charge in [-0.3, -0.25) is 9.78 Å². The molecule has 6 heteroatoms. The number of carbonyl (C=O) groups is 1. The van der Waals surface area contributed by atoms with Crippen molar-refractivity contribution in [3.63, 3.8) is 0 Å². The van der Waals surface area contributed by atoms with Crippen molar-refractivity contribution in [1.82, 2.24) is 10.1 Å². The van der Waals surface area contributed by atoms with Gasteiger partial charge in [0, 0.05) is 27.8 Å². The van der Waals surface area contributed by atoms with E-state index in [1.165, 1.54) is 0 Å². The lowest BCUT2D eigenvalue weighted by molar-refractivity contribution is 0.102. The Bertz CT molecular complexity index is 1130. The number of aromatic nitrogens is 2. The Kier molecular flexibility index (Phi) is 5.12. The number of amides is 1. The van der Waals surface area contributed by atoms with Gasteiger partial charge in [-0.05, 0) is 38.1 Å². The van der Waals surface area contributed by atoms with Crippen LogP contribution in [0, 0.1) is 13.8 Å². The molecule has 0 spiro atoms. The summed E-state index contributed by atoms with van der Waals surface area (Å²) in [5, 5.41) is 8.00. The zero-order chi connectivity index (χ0) is 19.5. The number of thioether (sulfide) groups is 1. The molecule has 140 valence electrons. The molecule has 2 aromatic carbocycles. The van der Waals surface area contributed by atoms with Gasteiger partial charge >= 0.3 is 0 Å². The van der Waals surface area contributed by atoms with Gasteiger partial charge in [0.25, 0.3) is 5.91 Å². The van der Waals surface area contributed by atoms with Gasteiger partial charge in [-0.25, -0.2) is 0 Å². The molecule has 0 unspecified atom stereocenters. The second kappa shape index (κ2) is 7.86. The minimum absolute atomic E-state index is 0.153. The summed E-state index contributed by atoms with van der Waals surface area (Å²) in [6, 6.07) is 17.2. The first-order valence-corrected chi connectivity index (χ1v) is 9.90. The number of aryl methyl sites for hydroxylation is 2. The molecule has 0 aliphatic heterocycles. The van der Waals surface area contributed by atoms with E-state index in [2.05, 4.69) is 15.5 Å². The van der Waals surface area contributed by atoms with E-state index in [9.17, 15) is 4.79 Å². The molecule has 0 bridgehead atoms. The molecule has 0 aliphatic carbocycles. The van der Waals surface area contributed by atoms with E-state index in [4.69, 9.17) is 4.52 Å². The number of fused-ring (bicyclic) bond motifs is 1. The lowest BCUT2D eigenvalue weighted by Crippen LogP contribution is -2.13. The number of anilines is 1. The predicted molar refractivity (Wildman–Crippen MR) is 112 cm³/mol. The molecular formula is C22H19N3O2S. The average molecular weight is 389 g/mol. The highest BCUT2D eigenvalue weighted by molar-refractivity contribution is 7.98. The monoisotopic (exact) mass is 389 g/mol. The molecule has 4 aromatic rings. The standard InChI is InChI=1S/C22H19N3O2S/c1-14-18(15(2)27-25-14)13-28-20-11-4-3-9-17(20)22(26)24-19-10-5-7-16-8-6-12-23-21(16)19/h3-12H,13H2,1-2H3,(H,24,26). The Labute approximate surface area is 167 Å². The van der Waals surface area contributed by atoms with Crippen LogP contribution in [0.2, 0.25) is 0 Å². The smallest absolute Gasteiger partial charge is 0.256 e. The Morgan fingerprint density at radius 3 is 2.71 bits per heavy atom. The molecule has 2 heterocycles. The van der Waals surface area contributed by atoms with Gasteiger partial charge in [0.2, 0.25) is 0 Å². The third-order valence-electron chi connectivity index (χ3n) is 4.57. The quantitative estimate of drug-likeness (QED) is 0.464. The van der Waals surface area contributed by atoms with E-state index in [-0.39, 0.29) is 5.91 Å². The van der Waals surface area contributed by atoms with Crippen LogP contribution in [-0.4, -0.2) is 16.0 Å². The third kappa shape index (κ3) is 3.64. The Morgan fingerprint density at radius 1 is 1.07 bits per heavy atom. The fraction of sp³-hybridized carbons (Fsp3) is 0.136. The molecule has 0 atom stereocenters. The van der Waals surface area contributed by atoms with Crippen LogP contribution in [0.4, 0.5) is 5.69 Å². The van der Waals surface area contributed by atoms with E-state index >= 15 is 0 Å². The van der Waals surface area contributed by atoms with Crippen molar-refractivity contribution in [3.05, 3.63) is 83.4 Å². The van der Waals surface area contributed by atoms with E-state index in [0.717, 1.165) is 32.8 Å². The summed E-state index contributed by atoms with van der Waals surface area (Å²) in [4.78, 5) is 18.3. The summed E-state index contributed by atoms with van der Waals surface area (Å²) in [7, 11) is 0. The van der Waals surface area contributed by atoms with Crippen LogP contribution in [0.15, 0.2) is 70.2 Å². The number of rotatable bonds is 5. The summed E-state index contributed by atoms with van der Waals surface area (Å²) in [5.41, 5.74) is 4.06. The average Bonchev–Trinajstić information content (AvgIpc) is 3.04. The summed E-state index contributed by atoms with van der Waals surface area (Å²) >= 11 is 1.60. The molecule has 2 aromatic heterocycles. The molecule has 1 amide bonds. The van der Waals surface area contributed by atoms with Crippen molar-refractivity contribution in [2.24, 2.45) is 0 Å². The molecule has 5 nitrogen and oxygen atoms in total. The van der Waals surface area contributed by atoms with Crippen molar-refractivity contribution in [1.29, 1.82) is 0 Å². The highest BCUT2D eigenvalue weighted by Gasteiger charge is 2.15. The molecule has 0 radical (unpaired) electrons. The maximum atomic E-state index is 13.0. The van der Waals surface area contributed by atoms with E-state index in [1.54, 1.807) is 18.0 Å². The first kappa shape index (κ1) is 18.3. The second-order valence-electron chi connectivity index (χ2n) is 6.42. The van der Waals surface area contributed by atoms with Crippen molar-refractivity contribution >= 4 is 34.3 Å². The number of hydrogen-bond donors (Lipinski definition) is 1. The third-order valence-corrected chi connectivity index (χ3v) is 5.67. The lowest BCUT2D eigenvalue weighted by atomic mass is 10.1. The fourth-order valence-corrected chi connectivity index (χ4v) is 4.24. The summed E-state index contributed by atoms with van der Waals surface area (Å²) in [6.07, 6.45) is 1.73. The highest BCUT2D eigenvalue weighted by Crippen LogP contribution is 2.30. The molecule has 0 aliphatic rings. The molecule has 0 fully saturated rings. The zero-order valence-corrected chi connectivity index (χ0v) is 16.4. The largest absolute Gasteiger partial charge is 0.361 e. The van der Waals surface area contributed by atoms with Gasteiger partial charge in [0.15, 0.2) is 0 Å². The van der Waals surface area contributed by atoms with Gasteiger partial charge in [-0.2, -0.15) is 0 Å². The zero-order valence-electron chi connectivity index (χ0n) is 15.6. The van der Waals surface area contributed by atoms with Crippen LogP contribution in [0.1, 0.15) is 27.4 Å². The first-order valence-electron chi connectivity index (χ1n) is 8.92. The Hall–Kier alpha value is -3.12. The maximum Gasteiger partial charge on any atom is 0.256 e. The van der Waals surface area contributed by atoms with Crippen molar-refractivity contribution < 1.29 is 9.32 Å². The van der Waals surface area contributed by atoms with Crippen LogP contribution in [-0.2, 0) is 5.75 Å². The molecule has 1 N–H and O–H groups in total. The van der Waals surface area contributed by atoms with Crippen LogP contribution in [0.25, 0.3) is 10.9 Å². The Balaban J connectivity index is 1.58. The van der Waals surface area contributed by atoms with Crippen molar-refractivity contribution in [2.45, 2.75) is 24.5 Å². The molecule has 4 rings (SSSR count). The summed E-state index contributed by atoms with van der Waals surface area (Å²) in [5.74, 6) is 1.36. The summed E-state index contributed by atoms with van der Waals surface area (Å²) < 4.78 is 5.23. The topological polar surface area (TPSA) is 68.0 Å². The number of carbonyl (C=O) groups excluding carboxylic acids is 1. The molecule has 0 saturated carbocycles. The van der Waals surface area contributed by atoms with Gasteiger partial charge in [0.1, 0.15) is 5.76 Å². The van der Waals surface area contributed by atoms with Crippen molar-refractivity contribution in [3.8, 4) is 0 Å². The highest BCUT2D eigenvalue weighted by atomic mass is 32.2.